The van der Waals surface area contributed by atoms with Gasteiger partial charge < -0.3 is 20.5 Å². The van der Waals surface area contributed by atoms with E-state index in [9.17, 15) is 4.79 Å². The maximum atomic E-state index is 11.9. The van der Waals surface area contributed by atoms with Crippen LogP contribution in [0, 0.1) is 0 Å². The van der Waals surface area contributed by atoms with Crippen molar-refractivity contribution >= 4 is 11.6 Å². The van der Waals surface area contributed by atoms with Crippen molar-refractivity contribution in [1.82, 2.24) is 0 Å². The van der Waals surface area contributed by atoms with E-state index in [4.69, 9.17) is 15.2 Å². The van der Waals surface area contributed by atoms with E-state index >= 15 is 0 Å². The molecule has 20 heavy (non-hydrogen) atoms. The molecule has 5 heteroatoms. The summed E-state index contributed by atoms with van der Waals surface area (Å²) < 4.78 is 10.7. The van der Waals surface area contributed by atoms with E-state index in [2.05, 4.69) is 5.32 Å². The van der Waals surface area contributed by atoms with E-state index in [1.54, 1.807) is 6.92 Å². The molecule has 0 saturated heterocycles. The molecule has 1 aromatic carbocycles. The molecule has 0 bridgehead atoms. The molecule has 0 radical (unpaired) electrons. The Hall–Kier alpha value is -1.43. The van der Waals surface area contributed by atoms with E-state index < -0.39 is 6.10 Å². The van der Waals surface area contributed by atoms with E-state index in [0.717, 1.165) is 24.3 Å². The normalized spacial score (nSPS) is 12.2. The van der Waals surface area contributed by atoms with Crippen LogP contribution in [0.25, 0.3) is 0 Å². The van der Waals surface area contributed by atoms with Gasteiger partial charge in [0.05, 0.1) is 13.2 Å². The molecular weight excluding hydrogens is 256 g/mol. The van der Waals surface area contributed by atoms with Crippen molar-refractivity contribution in [2.75, 3.05) is 25.1 Å². The van der Waals surface area contributed by atoms with Gasteiger partial charge in [-0.2, -0.15) is 0 Å². The molecular formula is C15H24N2O3. The van der Waals surface area contributed by atoms with Gasteiger partial charge in [-0.1, -0.05) is 19.1 Å². The summed E-state index contributed by atoms with van der Waals surface area (Å²) in [5.41, 5.74) is 7.27. The molecule has 0 aliphatic heterocycles. The number of nitrogens with one attached hydrogen (secondary N) is 1. The highest BCUT2D eigenvalue weighted by Gasteiger charge is 2.13. The van der Waals surface area contributed by atoms with Crippen LogP contribution in [0.1, 0.15) is 25.8 Å². The number of carbonyl (C=O) groups excluding carboxylic acids is 1. The van der Waals surface area contributed by atoms with Crippen molar-refractivity contribution in [3.63, 3.8) is 0 Å². The number of benzene rings is 1. The first kappa shape index (κ1) is 16.6. The lowest BCUT2D eigenvalue weighted by atomic mass is 10.2. The Balaban J connectivity index is 2.33. The van der Waals surface area contributed by atoms with Crippen LogP contribution in [0.5, 0.6) is 0 Å². The average molecular weight is 280 g/mol. The number of hydrogen-bond donors (Lipinski definition) is 2. The SMILES string of the molecule is CCCOCCOC(C)C(=O)Nc1cccc(CN)c1. The largest absolute Gasteiger partial charge is 0.379 e. The lowest BCUT2D eigenvalue weighted by molar-refractivity contribution is -0.127. The Kier molecular flexibility index (Phi) is 7.87. The first-order chi connectivity index (χ1) is 9.67. The molecule has 1 rings (SSSR count). The summed E-state index contributed by atoms with van der Waals surface area (Å²) in [6, 6.07) is 7.46. The van der Waals surface area contributed by atoms with Crippen LogP contribution >= 0.6 is 0 Å². The van der Waals surface area contributed by atoms with Gasteiger partial charge in [-0.15, -0.1) is 0 Å². The quantitative estimate of drug-likeness (QED) is 0.678. The van der Waals surface area contributed by atoms with Gasteiger partial charge in [0.2, 0.25) is 0 Å². The van der Waals surface area contributed by atoms with Crippen molar-refractivity contribution in [3.05, 3.63) is 29.8 Å². The first-order valence-electron chi connectivity index (χ1n) is 6.96. The molecule has 1 atom stereocenters. The molecule has 0 saturated carbocycles. The third kappa shape index (κ3) is 6.14. The number of nitrogens with two attached hydrogens (primary N) is 1. The summed E-state index contributed by atoms with van der Waals surface area (Å²) in [5, 5.41) is 2.81. The summed E-state index contributed by atoms with van der Waals surface area (Å²) >= 11 is 0. The molecule has 1 amide bonds. The van der Waals surface area contributed by atoms with Gasteiger partial charge in [-0.3, -0.25) is 4.79 Å². The highest BCUT2D eigenvalue weighted by Crippen LogP contribution is 2.10. The number of anilines is 1. The first-order valence-corrected chi connectivity index (χ1v) is 6.96. The fourth-order valence-electron chi connectivity index (χ4n) is 1.63. The smallest absolute Gasteiger partial charge is 0.253 e. The van der Waals surface area contributed by atoms with Gasteiger partial charge >= 0.3 is 0 Å². The number of carbonyl (C=O) groups is 1. The van der Waals surface area contributed by atoms with Gasteiger partial charge in [-0.25, -0.2) is 0 Å². The fourth-order valence-corrected chi connectivity index (χ4v) is 1.63. The molecule has 112 valence electrons. The van der Waals surface area contributed by atoms with Gasteiger partial charge in [0, 0.05) is 18.8 Å². The van der Waals surface area contributed by atoms with Gasteiger partial charge in [0.1, 0.15) is 6.10 Å². The topological polar surface area (TPSA) is 73.6 Å². The Morgan fingerprint density at radius 2 is 2.15 bits per heavy atom. The molecule has 0 aromatic heterocycles. The summed E-state index contributed by atoms with van der Waals surface area (Å²) in [5.74, 6) is -0.172. The van der Waals surface area contributed by atoms with E-state index in [-0.39, 0.29) is 5.91 Å². The zero-order valence-corrected chi connectivity index (χ0v) is 12.2. The van der Waals surface area contributed by atoms with E-state index in [0.29, 0.717) is 19.8 Å². The number of amides is 1. The zero-order valence-electron chi connectivity index (χ0n) is 12.2. The molecule has 1 aromatic rings. The molecule has 0 aliphatic carbocycles. The summed E-state index contributed by atoms with van der Waals surface area (Å²) in [4.78, 5) is 11.9. The Bertz CT molecular complexity index is 410. The Morgan fingerprint density at radius 1 is 1.35 bits per heavy atom. The lowest BCUT2D eigenvalue weighted by Gasteiger charge is -2.14. The van der Waals surface area contributed by atoms with Crippen LogP contribution in [0.2, 0.25) is 0 Å². The summed E-state index contributed by atoms with van der Waals surface area (Å²) in [6.45, 7) is 5.86. The van der Waals surface area contributed by atoms with E-state index in [1.165, 1.54) is 0 Å². The van der Waals surface area contributed by atoms with Crippen LogP contribution < -0.4 is 11.1 Å². The third-order valence-electron chi connectivity index (χ3n) is 2.74. The van der Waals surface area contributed by atoms with Crippen LogP contribution in [0.15, 0.2) is 24.3 Å². The predicted molar refractivity (Wildman–Crippen MR) is 79.5 cm³/mol. The maximum Gasteiger partial charge on any atom is 0.253 e. The minimum Gasteiger partial charge on any atom is -0.379 e. The molecule has 1 unspecified atom stereocenters. The average Bonchev–Trinajstić information content (AvgIpc) is 2.47. The van der Waals surface area contributed by atoms with Crippen LogP contribution in [0.3, 0.4) is 0 Å². The highest BCUT2D eigenvalue weighted by molar-refractivity contribution is 5.93. The van der Waals surface area contributed by atoms with Gasteiger partial charge in [0.25, 0.3) is 5.91 Å². The van der Waals surface area contributed by atoms with Crippen LogP contribution in [-0.4, -0.2) is 31.8 Å². The fraction of sp³-hybridized carbons (Fsp3) is 0.533. The second-order valence-electron chi connectivity index (χ2n) is 4.52. The highest BCUT2D eigenvalue weighted by atomic mass is 16.5. The Morgan fingerprint density at radius 3 is 2.85 bits per heavy atom. The molecule has 5 nitrogen and oxygen atoms in total. The molecule has 0 aliphatic rings. The maximum absolute atomic E-state index is 11.9. The van der Waals surface area contributed by atoms with Gasteiger partial charge in [0.15, 0.2) is 0 Å². The monoisotopic (exact) mass is 280 g/mol. The Labute approximate surface area is 120 Å². The molecule has 0 heterocycles. The summed E-state index contributed by atoms with van der Waals surface area (Å²) in [7, 11) is 0. The summed E-state index contributed by atoms with van der Waals surface area (Å²) in [6.07, 6.45) is 0.467. The number of hydrogen-bond acceptors (Lipinski definition) is 4. The minimum absolute atomic E-state index is 0.172. The lowest BCUT2D eigenvalue weighted by Crippen LogP contribution is -2.29. The molecule has 3 N–H and O–H groups in total. The van der Waals surface area contributed by atoms with Gasteiger partial charge in [-0.05, 0) is 31.0 Å². The second kappa shape index (κ2) is 9.47. The molecule has 0 fully saturated rings. The van der Waals surface area contributed by atoms with Crippen LogP contribution in [-0.2, 0) is 20.8 Å². The third-order valence-corrected chi connectivity index (χ3v) is 2.74. The minimum atomic E-state index is -0.512. The van der Waals surface area contributed by atoms with E-state index in [1.807, 2.05) is 31.2 Å². The molecule has 0 spiro atoms. The van der Waals surface area contributed by atoms with Crippen molar-refractivity contribution in [2.24, 2.45) is 5.73 Å². The van der Waals surface area contributed by atoms with Crippen molar-refractivity contribution in [3.8, 4) is 0 Å². The van der Waals surface area contributed by atoms with Crippen LogP contribution in [0.4, 0.5) is 5.69 Å². The number of ether oxygens (including phenoxy) is 2. The number of rotatable bonds is 9. The van der Waals surface area contributed by atoms with Crippen molar-refractivity contribution < 1.29 is 14.3 Å². The second-order valence-corrected chi connectivity index (χ2v) is 4.52. The zero-order chi connectivity index (χ0) is 14.8. The van der Waals surface area contributed by atoms with Crippen molar-refractivity contribution in [2.45, 2.75) is 32.9 Å². The van der Waals surface area contributed by atoms with Crippen molar-refractivity contribution in [1.29, 1.82) is 0 Å². The standard InChI is InChI=1S/C15H24N2O3/c1-3-7-19-8-9-20-12(2)15(18)17-14-6-4-5-13(10-14)11-16/h4-6,10,12H,3,7-9,11,16H2,1-2H3,(H,17,18). The predicted octanol–water partition coefficient (Wildman–Crippen LogP) is 1.92.